The summed E-state index contributed by atoms with van der Waals surface area (Å²) in [4.78, 5) is -0.249. The molecule has 2 rings (SSSR count). The molecule has 94 valence electrons. The van der Waals surface area contributed by atoms with Gasteiger partial charge in [-0.15, -0.1) is 0 Å². The second-order valence-electron chi connectivity index (χ2n) is 4.07. The highest BCUT2D eigenvalue weighted by Gasteiger charge is 2.17. The largest absolute Gasteiger partial charge is 0.397 e. The number of rotatable bonds is 2. The molecule has 2 aromatic rings. The maximum atomic E-state index is 11.3. The van der Waals surface area contributed by atoms with Crippen molar-refractivity contribution in [1.82, 2.24) is 0 Å². The quantitative estimate of drug-likeness (QED) is 0.644. The molecule has 18 heavy (non-hydrogen) atoms. The zero-order valence-corrected chi connectivity index (χ0v) is 10.6. The third-order valence-electron chi connectivity index (χ3n) is 2.65. The predicted molar refractivity (Wildman–Crippen MR) is 70.8 cm³/mol. The number of nitrogens with two attached hydrogens (primary N) is 1. The maximum Gasteiger partial charge on any atom is 0.296 e. The molecular weight excluding hydrogens is 250 g/mol. The van der Waals surface area contributed by atoms with Crippen molar-refractivity contribution in [2.45, 2.75) is 11.8 Å². The Balaban J connectivity index is 2.75. The molecule has 0 aliphatic carbocycles. The Bertz CT molecular complexity index is 679. The van der Waals surface area contributed by atoms with E-state index in [1.165, 1.54) is 6.07 Å². The molecule has 0 aliphatic rings. The summed E-state index contributed by atoms with van der Waals surface area (Å²) >= 11 is 0. The van der Waals surface area contributed by atoms with E-state index in [2.05, 4.69) is 0 Å². The number of hydrogen-bond acceptors (Lipinski definition) is 3. The molecule has 3 N–H and O–H groups in total. The lowest BCUT2D eigenvalue weighted by atomic mass is 10.0. The van der Waals surface area contributed by atoms with E-state index in [0.29, 0.717) is 5.56 Å². The Hall–Kier alpha value is -1.85. The highest BCUT2D eigenvalue weighted by Crippen LogP contribution is 2.32. The summed E-state index contributed by atoms with van der Waals surface area (Å²) in [6, 6.07) is 12.3. The summed E-state index contributed by atoms with van der Waals surface area (Å²) in [6.07, 6.45) is 0. The van der Waals surface area contributed by atoms with Crippen molar-refractivity contribution in [3.05, 3.63) is 48.0 Å². The van der Waals surface area contributed by atoms with Crippen LogP contribution in [0.5, 0.6) is 0 Å². The minimum atomic E-state index is -4.31. The zero-order chi connectivity index (χ0) is 13.3. The summed E-state index contributed by atoms with van der Waals surface area (Å²) in [5.41, 5.74) is 8.02. The van der Waals surface area contributed by atoms with Gasteiger partial charge in [0.05, 0.1) is 5.69 Å². The van der Waals surface area contributed by atoms with E-state index >= 15 is 0 Å². The molecule has 0 fully saturated rings. The molecule has 0 heterocycles. The van der Waals surface area contributed by atoms with Crippen LogP contribution in [0.1, 0.15) is 5.56 Å². The van der Waals surface area contributed by atoms with E-state index in [0.717, 1.165) is 11.1 Å². The second-order valence-corrected chi connectivity index (χ2v) is 5.46. The fourth-order valence-electron chi connectivity index (χ4n) is 1.83. The molecule has 0 atom stereocenters. The van der Waals surface area contributed by atoms with Crippen molar-refractivity contribution in [3.63, 3.8) is 0 Å². The molecule has 2 aromatic carbocycles. The predicted octanol–water partition coefficient (Wildman–Crippen LogP) is 2.49. The smallest absolute Gasteiger partial charge is 0.296 e. The maximum absolute atomic E-state index is 11.3. The van der Waals surface area contributed by atoms with Crippen molar-refractivity contribution in [2.75, 3.05) is 5.73 Å². The second kappa shape index (κ2) is 4.44. The summed E-state index contributed by atoms with van der Waals surface area (Å²) < 4.78 is 31.7. The van der Waals surface area contributed by atoms with Gasteiger partial charge in [-0.05, 0) is 30.2 Å². The number of aryl methyl sites for hydroxylation is 1. The van der Waals surface area contributed by atoms with Gasteiger partial charge in [0.25, 0.3) is 10.1 Å². The van der Waals surface area contributed by atoms with Crippen molar-refractivity contribution < 1.29 is 13.0 Å². The average molecular weight is 263 g/mol. The minimum absolute atomic E-state index is 0.0642. The third kappa shape index (κ3) is 2.37. The molecule has 0 spiro atoms. The van der Waals surface area contributed by atoms with E-state index in [-0.39, 0.29) is 10.6 Å². The van der Waals surface area contributed by atoms with Gasteiger partial charge in [-0.1, -0.05) is 30.3 Å². The lowest BCUT2D eigenvalue weighted by Crippen LogP contribution is -2.05. The first-order valence-corrected chi connectivity index (χ1v) is 6.76. The van der Waals surface area contributed by atoms with Crippen LogP contribution in [0.25, 0.3) is 11.1 Å². The van der Waals surface area contributed by atoms with Crippen LogP contribution in [0.15, 0.2) is 47.4 Å². The van der Waals surface area contributed by atoms with Gasteiger partial charge in [0.15, 0.2) is 0 Å². The molecular formula is C13H13NO3S. The molecule has 5 heteroatoms. The molecule has 0 aromatic heterocycles. The van der Waals surface area contributed by atoms with Crippen LogP contribution in [-0.4, -0.2) is 13.0 Å². The Kier molecular flexibility index (Phi) is 3.11. The third-order valence-corrected chi connectivity index (χ3v) is 3.54. The van der Waals surface area contributed by atoms with Crippen LogP contribution in [0, 0.1) is 6.92 Å². The zero-order valence-electron chi connectivity index (χ0n) is 9.79. The number of benzene rings is 2. The van der Waals surface area contributed by atoms with E-state index < -0.39 is 10.1 Å². The van der Waals surface area contributed by atoms with Crippen LogP contribution < -0.4 is 5.73 Å². The average Bonchev–Trinajstić information content (AvgIpc) is 2.31. The molecule has 0 unspecified atom stereocenters. The highest BCUT2D eigenvalue weighted by atomic mass is 32.2. The van der Waals surface area contributed by atoms with Crippen molar-refractivity contribution in [2.24, 2.45) is 0 Å². The van der Waals surface area contributed by atoms with Gasteiger partial charge in [-0.3, -0.25) is 4.55 Å². The molecule has 4 nitrogen and oxygen atoms in total. The van der Waals surface area contributed by atoms with E-state index in [1.54, 1.807) is 13.0 Å². The Morgan fingerprint density at radius 1 is 1.11 bits per heavy atom. The van der Waals surface area contributed by atoms with Crippen LogP contribution in [0.2, 0.25) is 0 Å². The lowest BCUT2D eigenvalue weighted by Gasteiger charge is -2.11. The number of hydrogen-bond donors (Lipinski definition) is 2. The van der Waals surface area contributed by atoms with E-state index in [9.17, 15) is 8.42 Å². The Labute approximate surface area is 106 Å². The molecule has 0 bridgehead atoms. The molecule has 0 amide bonds. The molecule has 0 saturated heterocycles. The van der Waals surface area contributed by atoms with Gasteiger partial charge in [-0.25, -0.2) is 0 Å². The van der Waals surface area contributed by atoms with E-state index in [1.807, 2.05) is 30.3 Å². The SMILES string of the molecule is Cc1cc(-c2ccccc2)c(N)c(S(=O)(=O)O)c1. The number of nitrogen functional groups attached to an aromatic ring is 1. The Morgan fingerprint density at radius 3 is 2.28 bits per heavy atom. The van der Waals surface area contributed by atoms with Crippen molar-refractivity contribution >= 4 is 15.8 Å². The van der Waals surface area contributed by atoms with Gasteiger partial charge in [0.1, 0.15) is 4.90 Å². The van der Waals surface area contributed by atoms with Crippen LogP contribution in [0.4, 0.5) is 5.69 Å². The highest BCUT2D eigenvalue weighted by molar-refractivity contribution is 7.86. The van der Waals surface area contributed by atoms with Crippen molar-refractivity contribution in [3.8, 4) is 11.1 Å². The molecule has 0 aliphatic heterocycles. The Morgan fingerprint density at radius 2 is 1.72 bits per heavy atom. The van der Waals surface area contributed by atoms with Crippen molar-refractivity contribution in [1.29, 1.82) is 0 Å². The van der Waals surface area contributed by atoms with Gasteiger partial charge in [0.2, 0.25) is 0 Å². The normalized spacial score (nSPS) is 11.4. The van der Waals surface area contributed by atoms with Gasteiger partial charge in [0, 0.05) is 5.56 Å². The topological polar surface area (TPSA) is 80.4 Å². The van der Waals surface area contributed by atoms with Crippen LogP contribution >= 0.6 is 0 Å². The molecule has 0 saturated carbocycles. The first kappa shape index (κ1) is 12.6. The van der Waals surface area contributed by atoms with E-state index in [4.69, 9.17) is 10.3 Å². The molecule has 0 radical (unpaired) electrons. The van der Waals surface area contributed by atoms with Gasteiger partial charge >= 0.3 is 0 Å². The monoisotopic (exact) mass is 263 g/mol. The summed E-state index contributed by atoms with van der Waals surface area (Å²) in [7, 11) is -4.31. The lowest BCUT2D eigenvalue weighted by molar-refractivity contribution is 0.483. The van der Waals surface area contributed by atoms with Gasteiger partial charge in [-0.2, -0.15) is 8.42 Å². The first-order valence-electron chi connectivity index (χ1n) is 5.32. The van der Waals surface area contributed by atoms with Crippen LogP contribution in [-0.2, 0) is 10.1 Å². The summed E-state index contributed by atoms with van der Waals surface area (Å²) in [5.74, 6) is 0. The summed E-state index contributed by atoms with van der Waals surface area (Å²) in [5, 5.41) is 0. The number of anilines is 1. The summed E-state index contributed by atoms with van der Waals surface area (Å²) in [6.45, 7) is 1.75. The first-order chi connectivity index (χ1) is 8.39. The van der Waals surface area contributed by atoms with Crippen LogP contribution in [0.3, 0.4) is 0 Å². The fourth-order valence-corrected chi connectivity index (χ4v) is 2.56. The minimum Gasteiger partial charge on any atom is -0.397 e. The standard InChI is InChI=1S/C13H13NO3S/c1-9-7-11(10-5-3-2-4-6-10)13(14)12(8-9)18(15,16)17/h2-8H,14H2,1H3,(H,15,16,17). The van der Waals surface area contributed by atoms with Gasteiger partial charge < -0.3 is 5.73 Å². The fraction of sp³-hybridized carbons (Fsp3) is 0.0769.